The van der Waals surface area contributed by atoms with Crippen molar-refractivity contribution in [3.63, 3.8) is 0 Å². The molecule has 2 rings (SSSR count). The normalized spacial score (nSPS) is 18.7. The summed E-state index contributed by atoms with van der Waals surface area (Å²) in [6, 6.07) is 0.622. The summed E-state index contributed by atoms with van der Waals surface area (Å²) in [6.45, 7) is 9.02. The van der Waals surface area contributed by atoms with Crippen LogP contribution in [0.4, 0.5) is 0 Å². The van der Waals surface area contributed by atoms with Crippen molar-refractivity contribution >= 4 is 0 Å². The summed E-state index contributed by atoms with van der Waals surface area (Å²) in [6.07, 6.45) is 4.22. The first-order valence-corrected chi connectivity index (χ1v) is 6.93. The van der Waals surface area contributed by atoms with E-state index in [1.807, 2.05) is 7.05 Å². The highest BCUT2D eigenvalue weighted by atomic mass is 15.3. The molecule has 102 valence electrons. The lowest BCUT2D eigenvalue weighted by atomic mass is 10.0. The highest BCUT2D eigenvalue weighted by Crippen LogP contribution is 2.12. The number of nitrogens with zero attached hydrogens (tertiary/aromatic N) is 4. The van der Waals surface area contributed by atoms with E-state index in [4.69, 9.17) is 0 Å². The molecule has 1 aromatic heterocycles. The summed E-state index contributed by atoms with van der Waals surface area (Å²) in [7, 11) is 1.90. The highest BCUT2D eigenvalue weighted by molar-refractivity contribution is 4.84. The monoisotopic (exact) mass is 251 g/mol. The van der Waals surface area contributed by atoms with Crippen molar-refractivity contribution in [1.82, 2.24) is 25.0 Å². The maximum absolute atomic E-state index is 4.28. The second-order valence-corrected chi connectivity index (χ2v) is 5.68. The lowest BCUT2D eigenvalue weighted by Gasteiger charge is -2.33. The molecule has 0 atom stereocenters. The van der Waals surface area contributed by atoms with Crippen LogP contribution in [-0.2, 0) is 13.6 Å². The molecule has 1 aliphatic rings. The third kappa shape index (κ3) is 4.07. The van der Waals surface area contributed by atoms with Crippen molar-refractivity contribution in [3.8, 4) is 0 Å². The Bertz CT molecular complexity index is 352. The Morgan fingerprint density at radius 1 is 1.39 bits per heavy atom. The summed E-state index contributed by atoms with van der Waals surface area (Å²) in [4.78, 5) is 6.80. The maximum Gasteiger partial charge on any atom is 0.164 e. The van der Waals surface area contributed by atoms with Gasteiger partial charge in [-0.05, 0) is 31.8 Å². The number of nitrogens with one attached hydrogen (secondary N) is 1. The molecule has 0 bridgehead atoms. The minimum atomic E-state index is 0.622. The average molecular weight is 251 g/mol. The molecule has 0 amide bonds. The fraction of sp³-hybridized carbons (Fsp3) is 0.846. The van der Waals surface area contributed by atoms with Crippen LogP contribution in [0.5, 0.6) is 0 Å². The lowest BCUT2D eigenvalue weighted by Crippen LogP contribution is -2.43. The van der Waals surface area contributed by atoms with Crippen LogP contribution in [0.3, 0.4) is 0 Å². The van der Waals surface area contributed by atoms with Gasteiger partial charge in [0.1, 0.15) is 6.33 Å². The number of hydrogen-bond donors (Lipinski definition) is 1. The smallest absolute Gasteiger partial charge is 0.164 e. The molecule has 0 radical (unpaired) electrons. The molecule has 0 spiro atoms. The summed E-state index contributed by atoms with van der Waals surface area (Å²) in [5.41, 5.74) is 0. The molecule has 0 unspecified atom stereocenters. The summed E-state index contributed by atoms with van der Waals surface area (Å²) < 4.78 is 1.75. The van der Waals surface area contributed by atoms with E-state index in [0.29, 0.717) is 6.04 Å². The van der Waals surface area contributed by atoms with Crippen LogP contribution in [0.25, 0.3) is 0 Å². The van der Waals surface area contributed by atoms with Gasteiger partial charge in [0.15, 0.2) is 5.82 Å². The Balaban J connectivity index is 1.67. The van der Waals surface area contributed by atoms with Crippen LogP contribution in [-0.4, -0.2) is 45.3 Å². The predicted molar refractivity (Wildman–Crippen MR) is 72.1 cm³/mol. The molecule has 1 aromatic rings. The van der Waals surface area contributed by atoms with E-state index in [2.05, 4.69) is 34.1 Å². The summed E-state index contributed by atoms with van der Waals surface area (Å²) in [5, 5.41) is 7.84. The zero-order valence-corrected chi connectivity index (χ0v) is 11.8. The van der Waals surface area contributed by atoms with Gasteiger partial charge in [-0.1, -0.05) is 13.8 Å². The fourth-order valence-electron chi connectivity index (χ4n) is 2.54. The Labute approximate surface area is 110 Å². The van der Waals surface area contributed by atoms with E-state index in [1.165, 1.54) is 32.5 Å². The summed E-state index contributed by atoms with van der Waals surface area (Å²) in [5.74, 6) is 1.66. The molecule has 0 aromatic carbocycles. The first-order chi connectivity index (χ1) is 8.63. The second-order valence-electron chi connectivity index (χ2n) is 5.68. The number of hydrogen-bond acceptors (Lipinski definition) is 4. The van der Waals surface area contributed by atoms with E-state index in [-0.39, 0.29) is 0 Å². The van der Waals surface area contributed by atoms with Gasteiger partial charge in [-0.2, -0.15) is 5.10 Å². The molecule has 2 heterocycles. The topological polar surface area (TPSA) is 46.0 Å². The minimum absolute atomic E-state index is 0.622. The molecular formula is C13H25N5. The van der Waals surface area contributed by atoms with E-state index < -0.39 is 0 Å². The number of aryl methyl sites for hydroxylation is 1. The average Bonchev–Trinajstić information content (AvgIpc) is 2.74. The summed E-state index contributed by atoms with van der Waals surface area (Å²) >= 11 is 0. The van der Waals surface area contributed by atoms with Crippen molar-refractivity contribution in [2.75, 3.05) is 19.6 Å². The predicted octanol–water partition coefficient (Wildman–Crippen LogP) is 1.03. The van der Waals surface area contributed by atoms with Crippen LogP contribution in [0, 0.1) is 5.92 Å². The van der Waals surface area contributed by atoms with Gasteiger partial charge in [0.25, 0.3) is 0 Å². The lowest BCUT2D eigenvalue weighted by molar-refractivity contribution is 0.179. The van der Waals surface area contributed by atoms with E-state index in [0.717, 1.165) is 18.3 Å². The van der Waals surface area contributed by atoms with Gasteiger partial charge >= 0.3 is 0 Å². The van der Waals surface area contributed by atoms with Gasteiger partial charge in [0.2, 0.25) is 0 Å². The minimum Gasteiger partial charge on any atom is -0.307 e. The fourth-order valence-corrected chi connectivity index (χ4v) is 2.54. The van der Waals surface area contributed by atoms with Crippen LogP contribution in [0.2, 0.25) is 0 Å². The van der Waals surface area contributed by atoms with Gasteiger partial charge in [0, 0.05) is 19.6 Å². The number of likely N-dealkylation sites (tertiary alicyclic amines) is 1. The molecule has 0 saturated carbocycles. The molecule has 18 heavy (non-hydrogen) atoms. The zero-order chi connectivity index (χ0) is 13.0. The van der Waals surface area contributed by atoms with Gasteiger partial charge in [-0.3, -0.25) is 4.68 Å². The number of aromatic nitrogens is 3. The van der Waals surface area contributed by atoms with Crippen LogP contribution in [0.15, 0.2) is 6.33 Å². The number of rotatable bonds is 5. The quantitative estimate of drug-likeness (QED) is 0.849. The van der Waals surface area contributed by atoms with E-state index in [9.17, 15) is 0 Å². The molecule has 0 aliphatic carbocycles. The largest absolute Gasteiger partial charge is 0.307 e. The third-order valence-corrected chi connectivity index (χ3v) is 3.41. The Kier molecular flexibility index (Phi) is 4.72. The van der Waals surface area contributed by atoms with Gasteiger partial charge in [-0.25, -0.2) is 4.98 Å². The van der Waals surface area contributed by atoms with Crippen LogP contribution < -0.4 is 5.32 Å². The van der Waals surface area contributed by atoms with Crippen molar-refractivity contribution in [1.29, 1.82) is 0 Å². The first-order valence-electron chi connectivity index (χ1n) is 6.93. The SMILES string of the molecule is CC(C)CN1CCC(NCc2ncn(C)n2)CC1. The van der Waals surface area contributed by atoms with Gasteiger partial charge in [-0.15, -0.1) is 0 Å². The molecule has 1 saturated heterocycles. The van der Waals surface area contributed by atoms with Crippen molar-refractivity contribution in [3.05, 3.63) is 12.2 Å². The molecule has 5 heteroatoms. The highest BCUT2D eigenvalue weighted by Gasteiger charge is 2.19. The van der Waals surface area contributed by atoms with Crippen LogP contribution >= 0.6 is 0 Å². The molecular weight excluding hydrogens is 226 g/mol. The molecule has 1 N–H and O–H groups in total. The molecule has 5 nitrogen and oxygen atoms in total. The van der Waals surface area contributed by atoms with Crippen molar-refractivity contribution in [2.45, 2.75) is 39.3 Å². The van der Waals surface area contributed by atoms with E-state index in [1.54, 1.807) is 11.0 Å². The first kappa shape index (κ1) is 13.5. The van der Waals surface area contributed by atoms with Crippen LogP contribution in [0.1, 0.15) is 32.5 Å². The van der Waals surface area contributed by atoms with Crippen molar-refractivity contribution < 1.29 is 0 Å². The Hall–Kier alpha value is -0.940. The van der Waals surface area contributed by atoms with Gasteiger partial charge < -0.3 is 10.2 Å². The van der Waals surface area contributed by atoms with Gasteiger partial charge in [0.05, 0.1) is 6.54 Å². The molecule has 1 fully saturated rings. The maximum atomic E-state index is 4.28. The van der Waals surface area contributed by atoms with E-state index >= 15 is 0 Å². The molecule has 1 aliphatic heterocycles. The Morgan fingerprint density at radius 2 is 2.11 bits per heavy atom. The standard InChI is InChI=1S/C13H25N5/c1-11(2)9-18-6-4-12(5-7-18)14-8-13-15-10-17(3)16-13/h10-12,14H,4-9H2,1-3H3. The van der Waals surface area contributed by atoms with Crippen molar-refractivity contribution in [2.24, 2.45) is 13.0 Å². The Morgan fingerprint density at radius 3 is 2.67 bits per heavy atom. The zero-order valence-electron chi connectivity index (χ0n) is 11.8. The number of piperidine rings is 1. The third-order valence-electron chi connectivity index (χ3n) is 3.41. The second kappa shape index (κ2) is 6.29.